The summed E-state index contributed by atoms with van der Waals surface area (Å²) in [7, 11) is 1.87. The average molecular weight is 733 g/mol. The van der Waals surface area contributed by atoms with Crippen LogP contribution in [0.3, 0.4) is 0 Å². The molecule has 2 aromatic rings. The van der Waals surface area contributed by atoms with Crippen LogP contribution in [0.4, 0.5) is 0 Å². The van der Waals surface area contributed by atoms with Crippen molar-refractivity contribution in [2.75, 3.05) is 7.05 Å². The Hall–Kier alpha value is -3.52. The zero-order chi connectivity index (χ0) is 40.4. The Labute approximate surface area is 334 Å². The van der Waals surface area contributed by atoms with Gasteiger partial charge in [0.25, 0.3) is 0 Å². The summed E-state index contributed by atoms with van der Waals surface area (Å²) in [6.07, 6.45) is 28.1. The van der Waals surface area contributed by atoms with E-state index in [1.807, 2.05) is 26.1 Å². The Morgan fingerprint density at radius 1 is 0.907 bits per heavy atom. The van der Waals surface area contributed by atoms with E-state index in [1.165, 1.54) is 80.1 Å². The predicted octanol–water partition coefficient (Wildman–Crippen LogP) is 15.8. The lowest BCUT2D eigenvalue weighted by molar-refractivity contribution is 0.385. The van der Waals surface area contributed by atoms with E-state index < -0.39 is 0 Å². The maximum absolute atomic E-state index is 5.07. The molecule has 54 heavy (non-hydrogen) atoms. The molecule has 0 aromatic heterocycles. The first-order chi connectivity index (χ1) is 25.7. The maximum atomic E-state index is 5.07. The highest BCUT2D eigenvalue weighted by Crippen LogP contribution is 2.23. The lowest BCUT2D eigenvalue weighted by atomic mass is 9.89. The van der Waals surface area contributed by atoms with Gasteiger partial charge in [-0.05, 0) is 111 Å². The van der Waals surface area contributed by atoms with Gasteiger partial charge in [-0.15, -0.1) is 6.58 Å². The molecule has 1 saturated carbocycles. The van der Waals surface area contributed by atoms with E-state index in [9.17, 15) is 0 Å². The molecule has 0 heterocycles. The summed E-state index contributed by atoms with van der Waals surface area (Å²) < 4.78 is 0. The van der Waals surface area contributed by atoms with Crippen LogP contribution < -0.4 is 0 Å². The number of hydrogen-bond donors (Lipinski definition) is 0. The van der Waals surface area contributed by atoms with E-state index >= 15 is 0 Å². The average Bonchev–Trinajstić information content (AvgIpc) is 3.12. The number of aryl methyl sites for hydroxylation is 3. The number of allylic oxidation sites excluding steroid dienone is 8. The summed E-state index contributed by atoms with van der Waals surface area (Å²) in [6, 6.07) is 17.4. The van der Waals surface area contributed by atoms with Gasteiger partial charge in [0.05, 0.1) is 11.4 Å². The van der Waals surface area contributed by atoms with Crippen molar-refractivity contribution < 1.29 is 0 Å². The lowest BCUT2D eigenvalue weighted by Crippen LogP contribution is -2.16. The van der Waals surface area contributed by atoms with Gasteiger partial charge in [-0.2, -0.15) is 0 Å². The predicted molar refractivity (Wildman–Crippen MR) is 245 cm³/mol. The van der Waals surface area contributed by atoms with Gasteiger partial charge in [-0.25, -0.2) is 0 Å². The highest BCUT2D eigenvalue weighted by Gasteiger charge is 2.14. The molecule has 0 saturated heterocycles. The first kappa shape index (κ1) is 48.5. The Morgan fingerprint density at radius 3 is 2.11 bits per heavy atom. The summed E-state index contributed by atoms with van der Waals surface area (Å²) in [5, 5.41) is 0. The molecule has 0 amide bonds. The largest absolute Gasteiger partial charge is 0.286 e. The summed E-state index contributed by atoms with van der Waals surface area (Å²) in [5.74, 6) is 1.85. The van der Waals surface area contributed by atoms with Crippen LogP contribution in [0.1, 0.15) is 162 Å². The van der Waals surface area contributed by atoms with E-state index in [2.05, 4.69) is 142 Å². The van der Waals surface area contributed by atoms with Gasteiger partial charge in [0.15, 0.2) is 0 Å². The second-order valence-electron chi connectivity index (χ2n) is 17.1. The van der Waals surface area contributed by atoms with Gasteiger partial charge in [0, 0.05) is 18.3 Å². The fraction of sp³-hybridized carbons (Fsp3) is 0.538. The maximum Gasteiger partial charge on any atom is 0.0902 e. The smallest absolute Gasteiger partial charge is 0.0902 e. The number of benzene rings is 2. The molecule has 0 unspecified atom stereocenters. The summed E-state index contributed by atoms with van der Waals surface area (Å²) in [5.41, 5.74) is 10.6. The molecular weight excluding hydrogens is 653 g/mol. The zero-order valence-electron chi connectivity index (χ0n) is 36.9. The van der Waals surface area contributed by atoms with Crippen molar-refractivity contribution in [3.63, 3.8) is 0 Å². The molecule has 2 nitrogen and oxygen atoms in total. The molecule has 0 bridgehead atoms. The van der Waals surface area contributed by atoms with Crippen LogP contribution in [0, 0.1) is 24.2 Å². The van der Waals surface area contributed by atoms with Crippen LogP contribution in [0.15, 0.2) is 119 Å². The monoisotopic (exact) mass is 733 g/mol. The van der Waals surface area contributed by atoms with E-state index in [-0.39, 0.29) is 0 Å². The normalized spacial score (nSPS) is 15.1. The van der Waals surface area contributed by atoms with E-state index in [0.29, 0.717) is 5.41 Å². The Bertz CT molecular complexity index is 1500. The highest BCUT2D eigenvalue weighted by molar-refractivity contribution is 6.52. The summed E-state index contributed by atoms with van der Waals surface area (Å²) in [6.45, 7) is 30.2. The molecule has 1 fully saturated rings. The molecule has 2 heteroatoms. The van der Waals surface area contributed by atoms with Crippen molar-refractivity contribution in [2.45, 2.75) is 159 Å². The summed E-state index contributed by atoms with van der Waals surface area (Å²) in [4.78, 5) is 9.85. The minimum absolute atomic E-state index is 0.422. The van der Waals surface area contributed by atoms with Crippen molar-refractivity contribution >= 4 is 11.4 Å². The second kappa shape index (κ2) is 28.0. The molecule has 0 radical (unpaired) electrons. The molecule has 3 rings (SSSR count). The third-order valence-electron chi connectivity index (χ3n) is 9.96. The van der Waals surface area contributed by atoms with Gasteiger partial charge in [-0.3, -0.25) is 9.98 Å². The number of aliphatic imine (C=N–C) groups is 2. The summed E-state index contributed by atoms with van der Waals surface area (Å²) >= 11 is 0. The molecule has 1 aliphatic carbocycles. The molecule has 0 spiro atoms. The second-order valence-corrected chi connectivity index (χ2v) is 17.1. The van der Waals surface area contributed by atoms with Gasteiger partial charge in [-0.1, -0.05) is 178 Å². The van der Waals surface area contributed by atoms with E-state index in [0.717, 1.165) is 72.2 Å². The molecular formula is C52H80N2. The third-order valence-corrected chi connectivity index (χ3v) is 9.96. The van der Waals surface area contributed by atoms with Crippen LogP contribution in [0.5, 0.6) is 0 Å². The van der Waals surface area contributed by atoms with Crippen LogP contribution in [-0.4, -0.2) is 18.5 Å². The number of nitrogens with zero attached hydrogens (tertiary/aromatic N) is 2. The molecule has 2 aromatic carbocycles. The number of hydrogen-bond acceptors (Lipinski definition) is 2. The first-order valence-electron chi connectivity index (χ1n) is 21.2. The molecule has 1 aliphatic rings. The Morgan fingerprint density at radius 2 is 1.57 bits per heavy atom. The van der Waals surface area contributed by atoms with Crippen molar-refractivity contribution in [2.24, 2.45) is 27.2 Å². The topological polar surface area (TPSA) is 24.7 Å². The molecule has 0 N–H and O–H groups in total. The SMILES string of the molecule is C=C(C)CC(C)(C)C.C=C(CCCCC[C@H](C)CC)N=C(/C=C(C)/C=C\C=C/C)C(=NC)c1cc(CCc2ccccc2)ccc1C.CC1CCCCC1. The van der Waals surface area contributed by atoms with Crippen molar-refractivity contribution in [3.05, 3.63) is 131 Å². The fourth-order valence-corrected chi connectivity index (χ4v) is 6.76. The van der Waals surface area contributed by atoms with Gasteiger partial charge < -0.3 is 0 Å². The van der Waals surface area contributed by atoms with Crippen molar-refractivity contribution in [1.29, 1.82) is 0 Å². The third kappa shape index (κ3) is 23.3. The van der Waals surface area contributed by atoms with Crippen LogP contribution in [0.2, 0.25) is 0 Å². The highest BCUT2D eigenvalue weighted by atomic mass is 14.8. The Kier molecular flexibility index (Phi) is 25.1. The first-order valence-corrected chi connectivity index (χ1v) is 21.2. The van der Waals surface area contributed by atoms with E-state index in [4.69, 9.17) is 9.98 Å². The lowest BCUT2D eigenvalue weighted by Gasteiger charge is -2.17. The van der Waals surface area contributed by atoms with Gasteiger partial charge in [0.1, 0.15) is 0 Å². The fourth-order valence-electron chi connectivity index (χ4n) is 6.76. The number of rotatable bonds is 17. The standard InChI is InChI=1S/C37H50N2.C8H16.C7H14/c1-8-10-13-19-30(4)27-36(39-32(6)20-15-11-14-18-29(3)9-2)37(38-7)35-28-34(24-23-31(35)5)26-25-33-21-16-12-17-22-33;1-7(2)6-8(3,4)5;1-7-5-3-2-4-6-7/h8,10,12-13,16-17,19,21-24,27-29H,6,9,11,14-15,18,20,25-26H2,1-5,7H3;1,6H2,2-5H3;7H,2-6H2,1H3/b10-8-,19-13-,30-27+,38-37?,39-36?;;/t29-;;/m1../s1. The number of unbranched alkanes of at least 4 members (excludes halogenated alkanes) is 2. The quantitative estimate of drug-likeness (QED) is 0.0670. The van der Waals surface area contributed by atoms with Crippen LogP contribution >= 0.6 is 0 Å². The minimum Gasteiger partial charge on any atom is -0.286 e. The Balaban J connectivity index is 0.000000801. The minimum atomic E-state index is 0.422. The van der Waals surface area contributed by atoms with Gasteiger partial charge >= 0.3 is 0 Å². The van der Waals surface area contributed by atoms with Crippen LogP contribution in [-0.2, 0) is 12.8 Å². The van der Waals surface area contributed by atoms with Crippen molar-refractivity contribution in [3.8, 4) is 0 Å². The zero-order valence-corrected chi connectivity index (χ0v) is 36.9. The van der Waals surface area contributed by atoms with Crippen LogP contribution in [0.25, 0.3) is 0 Å². The van der Waals surface area contributed by atoms with Crippen molar-refractivity contribution in [1.82, 2.24) is 0 Å². The van der Waals surface area contributed by atoms with E-state index in [1.54, 1.807) is 0 Å². The molecule has 1 atom stereocenters. The van der Waals surface area contributed by atoms with Gasteiger partial charge in [0.2, 0.25) is 0 Å². The molecule has 0 aliphatic heterocycles. The molecule has 298 valence electrons.